The number of halogens is 5. The molecule has 0 saturated carbocycles. The first-order chi connectivity index (χ1) is 9.19. The van der Waals surface area contributed by atoms with Crippen LogP contribution in [0.25, 0.3) is 0 Å². The second-order valence-corrected chi connectivity index (χ2v) is 5.01. The number of guanidine groups is 1. The number of hydrogen-bond donors (Lipinski definition) is 2. The van der Waals surface area contributed by atoms with E-state index in [1.54, 1.807) is 25.1 Å². The summed E-state index contributed by atoms with van der Waals surface area (Å²) >= 11 is 11.8. The zero-order valence-corrected chi connectivity index (χ0v) is 12.1. The Labute approximate surface area is 125 Å². The van der Waals surface area contributed by atoms with E-state index in [0.29, 0.717) is 10.0 Å². The van der Waals surface area contributed by atoms with Crippen LogP contribution in [-0.4, -0.2) is 18.7 Å². The lowest BCUT2D eigenvalue weighted by molar-refractivity contribution is -0.132. The molecule has 0 aromatic heterocycles. The predicted molar refractivity (Wildman–Crippen MR) is 75.2 cm³/mol. The van der Waals surface area contributed by atoms with Crippen LogP contribution < -0.4 is 11.1 Å². The van der Waals surface area contributed by atoms with Gasteiger partial charge in [0.1, 0.15) is 0 Å². The topological polar surface area (TPSA) is 50.4 Å². The summed E-state index contributed by atoms with van der Waals surface area (Å²) in [7, 11) is 0. The molecule has 0 bridgehead atoms. The van der Waals surface area contributed by atoms with E-state index >= 15 is 0 Å². The summed E-state index contributed by atoms with van der Waals surface area (Å²) in [6.45, 7) is 1.35. The van der Waals surface area contributed by atoms with E-state index in [1.807, 2.05) is 0 Å². The van der Waals surface area contributed by atoms with Crippen molar-refractivity contribution in [2.24, 2.45) is 10.7 Å². The number of hydrogen-bond acceptors (Lipinski definition) is 1. The Morgan fingerprint density at radius 3 is 2.60 bits per heavy atom. The second-order valence-electron chi connectivity index (χ2n) is 4.16. The van der Waals surface area contributed by atoms with E-state index < -0.39 is 19.1 Å². The van der Waals surface area contributed by atoms with Crippen LogP contribution in [0.4, 0.5) is 13.2 Å². The maximum absolute atomic E-state index is 12.0. The standard InChI is InChI=1S/C12H14Cl2F3N3/c1-7(9-3-2-8(13)6-10(9)14)20-11(18)19-5-4-12(15,16)17/h2-3,6-7H,4-5H2,1H3,(H3,18,19,20). The van der Waals surface area contributed by atoms with Crippen molar-refractivity contribution >= 4 is 29.2 Å². The summed E-state index contributed by atoms with van der Waals surface area (Å²) in [4.78, 5) is 3.62. The molecule has 0 fully saturated rings. The van der Waals surface area contributed by atoms with Crippen LogP contribution in [0.3, 0.4) is 0 Å². The van der Waals surface area contributed by atoms with Crippen LogP contribution >= 0.6 is 23.2 Å². The van der Waals surface area contributed by atoms with Crippen LogP contribution in [0.15, 0.2) is 23.2 Å². The van der Waals surface area contributed by atoms with Crippen molar-refractivity contribution < 1.29 is 13.2 Å². The summed E-state index contributed by atoms with van der Waals surface area (Å²) in [5.41, 5.74) is 6.25. The average Bonchev–Trinajstić information content (AvgIpc) is 2.26. The maximum atomic E-state index is 12.0. The summed E-state index contributed by atoms with van der Waals surface area (Å²) < 4.78 is 35.9. The molecule has 0 aliphatic carbocycles. The fourth-order valence-electron chi connectivity index (χ4n) is 1.50. The summed E-state index contributed by atoms with van der Waals surface area (Å²) in [6.07, 6.45) is -5.25. The van der Waals surface area contributed by atoms with Gasteiger partial charge in [-0.3, -0.25) is 4.99 Å². The maximum Gasteiger partial charge on any atom is 0.390 e. The third-order valence-electron chi connectivity index (χ3n) is 2.47. The number of rotatable bonds is 4. The van der Waals surface area contributed by atoms with Crippen LogP contribution in [0, 0.1) is 0 Å². The third-order valence-corrected chi connectivity index (χ3v) is 3.03. The van der Waals surface area contributed by atoms with Gasteiger partial charge in [-0.05, 0) is 24.6 Å². The molecule has 1 aromatic rings. The normalized spacial score (nSPS) is 14.2. The van der Waals surface area contributed by atoms with Crippen LogP contribution in [0.2, 0.25) is 10.0 Å². The summed E-state index contributed by atoms with van der Waals surface area (Å²) in [5, 5.41) is 3.72. The minimum absolute atomic E-state index is 0.0623. The molecule has 3 N–H and O–H groups in total. The van der Waals surface area contributed by atoms with E-state index in [1.165, 1.54) is 0 Å². The number of aliphatic imine (C=N–C) groups is 1. The average molecular weight is 328 g/mol. The highest BCUT2D eigenvalue weighted by Crippen LogP contribution is 2.26. The first-order valence-corrected chi connectivity index (χ1v) is 6.53. The molecule has 8 heteroatoms. The number of alkyl halides is 3. The predicted octanol–water partition coefficient (Wildman–Crippen LogP) is 3.91. The summed E-state index contributed by atoms with van der Waals surface area (Å²) in [5.74, 6) is -0.0623. The zero-order valence-electron chi connectivity index (χ0n) is 10.6. The van der Waals surface area contributed by atoms with Gasteiger partial charge in [-0.15, -0.1) is 0 Å². The van der Waals surface area contributed by atoms with E-state index in [9.17, 15) is 13.2 Å². The number of nitrogens with two attached hydrogens (primary N) is 1. The van der Waals surface area contributed by atoms with Gasteiger partial charge >= 0.3 is 6.18 Å². The molecule has 1 unspecified atom stereocenters. The Morgan fingerprint density at radius 1 is 1.40 bits per heavy atom. The summed E-state index contributed by atoms with van der Waals surface area (Å²) in [6, 6.07) is 4.66. The Morgan fingerprint density at radius 2 is 2.05 bits per heavy atom. The van der Waals surface area contributed by atoms with Gasteiger partial charge in [0.25, 0.3) is 0 Å². The van der Waals surface area contributed by atoms with Crippen molar-refractivity contribution in [3.05, 3.63) is 33.8 Å². The molecule has 1 aromatic carbocycles. The number of nitrogens with zero attached hydrogens (tertiary/aromatic N) is 1. The molecule has 0 saturated heterocycles. The van der Waals surface area contributed by atoms with Crippen molar-refractivity contribution in [2.45, 2.75) is 25.6 Å². The lowest BCUT2D eigenvalue weighted by atomic mass is 10.1. The van der Waals surface area contributed by atoms with E-state index in [2.05, 4.69) is 10.3 Å². The minimum Gasteiger partial charge on any atom is -0.370 e. The molecule has 0 spiro atoms. The highest BCUT2D eigenvalue weighted by Gasteiger charge is 2.26. The van der Waals surface area contributed by atoms with Gasteiger partial charge in [-0.1, -0.05) is 29.3 Å². The van der Waals surface area contributed by atoms with Crippen molar-refractivity contribution in [2.75, 3.05) is 6.54 Å². The Balaban J connectivity index is 2.61. The second kappa shape index (κ2) is 7.04. The molecule has 3 nitrogen and oxygen atoms in total. The molecule has 20 heavy (non-hydrogen) atoms. The molecule has 0 aliphatic heterocycles. The van der Waals surface area contributed by atoms with Gasteiger partial charge in [0.15, 0.2) is 5.96 Å². The van der Waals surface area contributed by atoms with E-state index in [-0.39, 0.29) is 12.0 Å². The molecular formula is C12H14Cl2F3N3. The monoisotopic (exact) mass is 327 g/mol. The van der Waals surface area contributed by atoms with Crippen molar-refractivity contribution in [3.8, 4) is 0 Å². The van der Waals surface area contributed by atoms with Crippen molar-refractivity contribution in [1.29, 1.82) is 0 Å². The van der Waals surface area contributed by atoms with Crippen LogP contribution in [0.1, 0.15) is 24.9 Å². The Kier molecular flexibility index (Phi) is 5.95. The van der Waals surface area contributed by atoms with Crippen LogP contribution in [0.5, 0.6) is 0 Å². The molecule has 0 amide bonds. The fourth-order valence-corrected chi connectivity index (χ4v) is 2.07. The van der Waals surface area contributed by atoms with Gasteiger partial charge < -0.3 is 11.1 Å². The molecule has 0 aliphatic rings. The minimum atomic E-state index is -4.24. The van der Waals surface area contributed by atoms with Gasteiger partial charge in [-0.2, -0.15) is 13.2 Å². The third kappa shape index (κ3) is 5.88. The molecule has 112 valence electrons. The first-order valence-electron chi connectivity index (χ1n) is 5.77. The molecule has 0 heterocycles. The van der Waals surface area contributed by atoms with Gasteiger partial charge in [-0.25, -0.2) is 0 Å². The number of nitrogens with one attached hydrogen (secondary N) is 1. The van der Waals surface area contributed by atoms with Crippen molar-refractivity contribution in [3.63, 3.8) is 0 Å². The molecule has 1 atom stereocenters. The quantitative estimate of drug-likeness (QED) is 0.650. The highest BCUT2D eigenvalue weighted by atomic mass is 35.5. The number of benzene rings is 1. The largest absolute Gasteiger partial charge is 0.390 e. The van der Waals surface area contributed by atoms with E-state index in [4.69, 9.17) is 28.9 Å². The SMILES string of the molecule is CC(NC(N)=NCCC(F)(F)F)c1ccc(Cl)cc1Cl. The van der Waals surface area contributed by atoms with Crippen molar-refractivity contribution in [1.82, 2.24) is 5.32 Å². The Bertz CT molecular complexity index is 489. The first kappa shape index (κ1) is 16.9. The lowest BCUT2D eigenvalue weighted by Gasteiger charge is -2.16. The molecular weight excluding hydrogens is 314 g/mol. The lowest BCUT2D eigenvalue weighted by Crippen LogP contribution is -2.34. The zero-order chi connectivity index (χ0) is 15.3. The van der Waals surface area contributed by atoms with E-state index in [0.717, 1.165) is 5.56 Å². The smallest absolute Gasteiger partial charge is 0.370 e. The van der Waals surface area contributed by atoms with Crippen LogP contribution in [-0.2, 0) is 0 Å². The van der Waals surface area contributed by atoms with Gasteiger partial charge in [0.05, 0.1) is 19.0 Å². The molecule has 1 rings (SSSR count). The van der Waals surface area contributed by atoms with Gasteiger partial charge in [0.2, 0.25) is 0 Å². The Hall–Kier alpha value is -1.14. The molecule has 0 radical (unpaired) electrons. The fraction of sp³-hybridized carbons (Fsp3) is 0.417. The highest BCUT2D eigenvalue weighted by molar-refractivity contribution is 6.35. The van der Waals surface area contributed by atoms with Gasteiger partial charge in [0, 0.05) is 10.0 Å².